The predicted octanol–water partition coefficient (Wildman–Crippen LogP) is 1.00. The molecule has 0 bridgehead atoms. The van der Waals surface area contributed by atoms with Gasteiger partial charge in [0, 0.05) is 5.56 Å². The van der Waals surface area contributed by atoms with Crippen molar-refractivity contribution in [3.8, 4) is 0 Å². The Kier molecular flexibility index (Phi) is 2.29. The van der Waals surface area contributed by atoms with Crippen molar-refractivity contribution in [2.75, 3.05) is 0 Å². The fourth-order valence-electron chi connectivity index (χ4n) is 1.04. The molecule has 0 atom stereocenters. The van der Waals surface area contributed by atoms with Crippen LogP contribution in [0.1, 0.15) is 21.5 Å². The Labute approximate surface area is 71.2 Å². The number of carbonyl (C=O) groups excluding carboxylic acids is 1. The summed E-state index contributed by atoms with van der Waals surface area (Å²) in [5, 5.41) is 10.5. The summed E-state index contributed by atoms with van der Waals surface area (Å²) < 4.78 is 0. The van der Waals surface area contributed by atoms with Gasteiger partial charge in [-0.1, -0.05) is 30.9 Å². The van der Waals surface area contributed by atoms with E-state index in [4.69, 9.17) is 0 Å². The van der Waals surface area contributed by atoms with Crippen LogP contribution in [0.4, 0.5) is 0 Å². The third kappa shape index (κ3) is 1.53. The zero-order valence-electron chi connectivity index (χ0n) is 6.83. The molecule has 0 N–H and O–H groups in total. The van der Waals surface area contributed by atoms with E-state index in [9.17, 15) is 9.90 Å². The van der Waals surface area contributed by atoms with E-state index in [1.807, 2.05) is 0 Å². The minimum Gasteiger partial charge on any atom is -0.545 e. The third-order valence-electron chi connectivity index (χ3n) is 1.71. The lowest BCUT2D eigenvalue weighted by Gasteiger charge is -2.06. The van der Waals surface area contributed by atoms with E-state index in [2.05, 4.69) is 6.58 Å². The van der Waals surface area contributed by atoms with Gasteiger partial charge in [0.05, 0.1) is 5.97 Å². The van der Waals surface area contributed by atoms with Crippen molar-refractivity contribution in [3.05, 3.63) is 41.5 Å². The molecule has 0 amide bonds. The normalized spacial score (nSPS) is 9.42. The summed E-state index contributed by atoms with van der Waals surface area (Å²) in [7, 11) is 0. The lowest BCUT2D eigenvalue weighted by atomic mass is 10.1. The molecule has 1 rings (SSSR count). The molecule has 0 aliphatic carbocycles. The smallest absolute Gasteiger partial charge is 0.0717 e. The van der Waals surface area contributed by atoms with Gasteiger partial charge in [0.25, 0.3) is 0 Å². The molecule has 0 aliphatic heterocycles. The topological polar surface area (TPSA) is 40.1 Å². The fraction of sp³-hybridized carbons (Fsp3) is 0.100. The van der Waals surface area contributed by atoms with Crippen LogP contribution in [0.25, 0.3) is 6.08 Å². The molecule has 0 heterocycles. The molecule has 2 nitrogen and oxygen atoms in total. The molecule has 0 spiro atoms. The molecule has 0 unspecified atom stereocenters. The summed E-state index contributed by atoms with van der Waals surface area (Å²) in [6.07, 6.45) is 1.67. The van der Waals surface area contributed by atoms with Crippen LogP contribution < -0.4 is 5.11 Å². The Balaban J connectivity index is 3.20. The summed E-state index contributed by atoms with van der Waals surface area (Å²) in [6, 6.07) is 4.99. The fourth-order valence-corrected chi connectivity index (χ4v) is 1.04. The van der Waals surface area contributed by atoms with Crippen molar-refractivity contribution >= 4 is 12.0 Å². The second-order valence-corrected chi connectivity index (χ2v) is 2.57. The van der Waals surface area contributed by atoms with Crippen molar-refractivity contribution < 1.29 is 9.90 Å². The highest BCUT2D eigenvalue weighted by Gasteiger charge is 1.98. The highest BCUT2D eigenvalue weighted by Crippen LogP contribution is 2.10. The number of carboxylic acid groups (broad SMARTS) is 1. The van der Waals surface area contributed by atoms with Crippen LogP contribution in [-0.2, 0) is 0 Å². The Morgan fingerprint density at radius 2 is 2.25 bits per heavy atom. The lowest BCUT2D eigenvalue weighted by molar-refractivity contribution is -0.255. The van der Waals surface area contributed by atoms with Gasteiger partial charge in [0.2, 0.25) is 0 Å². The molecule has 0 radical (unpaired) electrons. The van der Waals surface area contributed by atoms with Gasteiger partial charge in [-0.25, -0.2) is 0 Å². The maximum Gasteiger partial charge on any atom is 0.0717 e. The van der Waals surface area contributed by atoms with Crippen LogP contribution in [-0.4, -0.2) is 5.97 Å². The van der Waals surface area contributed by atoms with Gasteiger partial charge >= 0.3 is 0 Å². The molecular weight excluding hydrogens is 152 g/mol. The number of carbonyl (C=O) groups is 1. The molecule has 0 aliphatic rings. The molecule has 0 saturated heterocycles. The highest BCUT2D eigenvalue weighted by atomic mass is 16.4. The number of aryl methyl sites for hydroxylation is 1. The van der Waals surface area contributed by atoms with Gasteiger partial charge in [-0.05, 0) is 18.1 Å². The molecule has 1 aromatic carbocycles. The van der Waals surface area contributed by atoms with Gasteiger partial charge < -0.3 is 9.90 Å². The highest BCUT2D eigenvalue weighted by molar-refractivity contribution is 5.87. The Hall–Kier alpha value is -1.57. The van der Waals surface area contributed by atoms with Crippen LogP contribution in [0.3, 0.4) is 0 Å². The monoisotopic (exact) mass is 161 g/mol. The van der Waals surface area contributed by atoms with Crippen molar-refractivity contribution in [3.63, 3.8) is 0 Å². The van der Waals surface area contributed by atoms with E-state index in [-0.39, 0.29) is 5.56 Å². The maximum absolute atomic E-state index is 10.5. The van der Waals surface area contributed by atoms with Crippen LogP contribution >= 0.6 is 0 Å². The summed E-state index contributed by atoms with van der Waals surface area (Å²) in [5.41, 5.74) is 1.85. The van der Waals surface area contributed by atoms with Crippen LogP contribution in [0, 0.1) is 6.92 Å². The number of hydrogen-bond donors (Lipinski definition) is 0. The van der Waals surface area contributed by atoms with Gasteiger partial charge in [0.1, 0.15) is 0 Å². The Morgan fingerprint density at radius 3 is 2.67 bits per heavy atom. The standard InChI is InChI=1S/C10H10O2/c1-3-8-4-5-9(10(11)12)7(2)6-8/h3-6H,1H2,2H3,(H,11,12)/p-1. The number of carboxylic acids is 1. The summed E-state index contributed by atoms with van der Waals surface area (Å²) in [4.78, 5) is 10.5. The number of hydrogen-bond acceptors (Lipinski definition) is 2. The van der Waals surface area contributed by atoms with E-state index >= 15 is 0 Å². The van der Waals surface area contributed by atoms with Crippen LogP contribution in [0.2, 0.25) is 0 Å². The second-order valence-electron chi connectivity index (χ2n) is 2.57. The summed E-state index contributed by atoms with van der Waals surface area (Å²) in [6.45, 7) is 5.32. The SMILES string of the molecule is C=Cc1ccc(C(=O)[O-])c(C)c1. The van der Waals surface area contributed by atoms with E-state index in [1.165, 1.54) is 6.07 Å². The summed E-state index contributed by atoms with van der Waals surface area (Å²) >= 11 is 0. The van der Waals surface area contributed by atoms with Crippen molar-refractivity contribution in [2.45, 2.75) is 6.92 Å². The zero-order valence-corrected chi connectivity index (χ0v) is 6.83. The van der Waals surface area contributed by atoms with Gasteiger partial charge in [0.15, 0.2) is 0 Å². The minimum absolute atomic E-state index is 0.237. The molecule has 2 heteroatoms. The minimum atomic E-state index is -1.14. The molecule has 0 aromatic heterocycles. The molecule has 12 heavy (non-hydrogen) atoms. The average molecular weight is 161 g/mol. The van der Waals surface area contributed by atoms with E-state index in [0.29, 0.717) is 5.56 Å². The number of rotatable bonds is 2. The first-order valence-corrected chi connectivity index (χ1v) is 3.59. The Morgan fingerprint density at radius 1 is 1.58 bits per heavy atom. The van der Waals surface area contributed by atoms with Crippen LogP contribution in [0.15, 0.2) is 24.8 Å². The first-order chi connectivity index (χ1) is 5.65. The van der Waals surface area contributed by atoms with Gasteiger partial charge in [-0.2, -0.15) is 0 Å². The van der Waals surface area contributed by atoms with Gasteiger partial charge in [-0.3, -0.25) is 0 Å². The molecule has 0 fully saturated rings. The van der Waals surface area contributed by atoms with E-state index in [0.717, 1.165) is 5.56 Å². The maximum atomic E-state index is 10.5. The van der Waals surface area contributed by atoms with Crippen molar-refractivity contribution in [1.82, 2.24) is 0 Å². The average Bonchev–Trinajstić information content (AvgIpc) is 2.03. The first kappa shape index (κ1) is 8.53. The number of aromatic carboxylic acids is 1. The van der Waals surface area contributed by atoms with Crippen molar-refractivity contribution in [2.24, 2.45) is 0 Å². The third-order valence-corrected chi connectivity index (χ3v) is 1.71. The van der Waals surface area contributed by atoms with E-state index in [1.54, 1.807) is 25.1 Å². The number of benzene rings is 1. The molecule has 62 valence electrons. The Bertz CT molecular complexity index is 327. The lowest BCUT2D eigenvalue weighted by Crippen LogP contribution is -2.23. The quantitative estimate of drug-likeness (QED) is 0.649. The zero-order chi connectivity index (χ0) is 9.14. The summed E-state index contributed by atoms with van der Waals surface area (Å²) in [5.74, 6) is -1.14. The van der Waals surface area contributed by atoms with E-state index < -0.39 is 5.97 Å². The molecule has 0 saturated carbocycles. The largest absolute Gasteiger partial charge is 0.545 e. The second kappa shape index (κ2) is 3.22. The van der Waals surface area contributed by atoms with Gasteiger partial charge in [-0.15, -0.1) is 0 Å². The van der Waals surface area contributed by atoms with Crippen LogP contribution in [0.5, 0.6) is 0 Å². The predicted molar refractivity (Wildman–Crippen MR) is 45.6 cm³/mol. The molecule has 1 aromatic rings. The molecular formula is C10H9O2-. The van der Waals surface area contributed by atoms with Crippen molar-refractivity contribution in [1.29, 1.82) is 0 Å². The first-order valence-electron chi connectivity index (χ1n) is 3.59.